The summed E-state index contributed by atoms with van der Waals surface area (Å²) in [5.41, 5.74) is 2.35. The molecule has 0 bridgehead atoms. The lowest BCUT2D eigenvalue weighted by Crippen LogP contribution is -2.46. The lowest BCUT2D eigenvalue weighted by Gasteiger charge is -2.32. The standard InChI is InChI=1S/C22H25FN2O2/c1-15(2)16-3-5-17(6-4-16)21(26)24-20-11-13-25(14-12-20)22(27)18-7-9-19(23)10-8-18/h3-10,15,20H,11-14H2,1-2H3,(H,24,26). The second-order valence-corrected chi connectivity index (χ2v) is 7.32. The minimum atomic E-state index is -0.352. The van der Waals surface area contributed by atoms with E-state index in [2.05, 4.69) is 19.2 Å². The minimum Gasteiger partial charge on any atom is -0.349 e. The van der Waals surface area contributed by atoms with Gasteiger partial charge in [-0.05, 0) is 60.7 Å². The molecule has 3 rings (SSSR count). The highest BCUT2D eigenvalue weighted by molar-refractivity contribution is 5.95. The first-order valence-electron chi connectivity index (χ1n) is 9.39. The number of rotatable bonds is 4. The Bertz CT molecular complexity index is 792. The van der Waals surface area contributed by atoms with Crippen LogP contribution in [-0.2, 0) is 0 Å². The predicted molar refractivity (Wildman–Crippen MR) is 103 cm³/mol. The molecule has 0 aromatic heterocycles. The Labute approximate surface area is 159 Å². The zero-order valence-electron chi connectivity index (χ0n) is 15.7. The predicted octanol–water partition coefficient (Wildman–Crippen LogP) is 3.98. The Morgan fingerprint density at radius 3 is 2.07 bits per heavy atom. The molecule has 5 heteroatoms. The molecule has 2 amide bonds. The molecular weight excluding hydrogens is 343 g/mol. The molecule has 1 heterocycles. The van der Waals surface area contributed by atoms with Crippen LogP contribution in [0.25, 0.3) is 0 Å². The Hall–Kier alpha value is -2.69. The largest absolute Gasteiger partial charge is 0.349 e. The molecule has 0 spiro atoms. The third-order valence-corrected chi connectivity index (χ3v) is 5.05. The summed E-state index contributed by atoms with van der Waals surface area (Å²) in [4.78, 5) is 26.7. The van der Waals surface area contributed by atoms with Gasteiger partial charge in [0.05, 0.1) is 0 Å². The van der Waals surface area contributed by atoms with Crippen molar-refractivity contribution in [1.82, 2.24) is 10.2 Å². The zero-order valence-corrected chi connectivity index (χ0v) is 15.7. The Morgan fingerprint density at radius 1 is 0.963 bits per heavy atom. The number of nitrogens with zero attached hydrogens (tertiary/aromatic N) is 1. The zero-order chi connectivity index (χ0) is 19.4. The highest BCUT2D eigenvalue weighted by Crippen LogP contribution is 2.17. The van der Waals surface area contributed by atoms with E-state index in [-0.39, 0.29) is 23.7 Å². The van der Waals surface area contributed by atoms with Crippen LogP contribution in [0.1, 0.15) is 58.9 Å². The van der Waals surface area contributed by atoms with Crippen molar-refractivity contribution >= 4 is 11.8 Å². The molecule has 0 saturated carbocycles. The lowest BCUT2D eigenvalue weighted by atomic mass is 10.0. The first-order chi connectivity index (χ1) is 12.9. The van der Waals surface area contributed by atoms with Crippen molar-refractivity contribution in [3.63, 3.8) is 0 Å². The molecule has 142 valence electrons. The molecular formula is C22H25FN2O2. The number of carbonyl (C=O) groups excluding carboxylic acids is 2. The van der Waals surface area contributed by atoms with Crippen molar-refractivity contribution in [2.75, 3.05) is 13.1 Å². The van der Waals surface area contributed by atoms with Crippen LogP contribution in [0.2, 0.25) is 0 Å². The first-order valence-corrected chi connectivity index (χ1v) is 9.39. The van der Waals surface area contributed by atoms with Crippen LogP contribution < -0.4 is 5.32 Å². The van der Waals surface area contributed by atoms with Gasteiger partial charge in [0, 0.05) is 30.3 Å². The van der Waals surface area contributed by atoms with Gasteiger partial charge in [-0.2, -0.15) is 0 Å². The minimum absolute atomic E-state index is 0.0551. The van der Waals surface area contributed by atoms with Crippen molar-refractivity contribution in [2.24, 2.45) is 0 Å². The van der Waals surface area contributed by atoms with Crippen LogP contribution in [-0.4, -0.2) is 35.8 Å². The molecule has 0 radical (unpaired) electrons. The summed E-state index contributed by atoms with van der Waals surface area (Å²) < 4.78 is 13.0. The number of hydrogen-bond donors (Lipinski definition) is 1. The number of amides is 2. The van der Waals surface area contributed by atoms with Crippen LogP contribution >= 0.6 is 0 Å². The summed E-state index contributed by atoms with van der Waals surface area (Å²) in [5.74, 6) is -0.0860. The number of nitrogens with one attached hydrogen (secondary N) is 1. The molecule has 2 aromatic rings. The van der Waals surface area contributed by atoms with Crippen LogP contribution in [0.4, 0.5) is 4.39 Å². The molecule has 2 aromatic carbocycles. The molecule has 4 nitrogen and oxygen atoms in total. The molecule has 1 N–H and O–H groups in total. The quantitative estimate of drug-likeness (QED) is 0.887. The van der Waals surface area contributed by atoms with Gasteiger partial charge < -0.3 is 10.2 Å². The fourth-order valence-corrected chi connectivity index (χ4v) is 3.29. The number of piperidine rings is 1. The van der Waals surface area contributed by atoms with E-state index in [1.54, 1.807) is 4.90 Å². The van der Waals surface area contributed by atoms with Gasteiger partial charge in [0.25, 0.3) is 11.8 Å². The number of benzene rings is 2. The molecule has 1 aliphatic rings. The third-order valence-electron chi connectivity index (χ3n) is 5.05. The maximum atomic E-state index is 13.0. The van der Waals surface area contributed by atoms with Crippen LogP contribution in [0.5, 0.6) is 0 Å². The smallest absolute Gasteiger partial charge is 0.253 e. The molecule has 1 aliphatic heterocycles. The third kappa shape index (κ3) is 4.73. The van der Waals surface area contributed by atoms with Crippen LogP contribution in [0, 0.1) is 5.82 Å². The van der Waals surface area contributed by atoms with Crippen molar-refractivity contribution in [2.45, 2.75) is 38.6 Å². The number of hydrogen-bond acceptors (Lipinski definition) is 2. The van der Waals surface area contributed by atoms with Crippen molar-refractivity contribution < 1.29 is 14.0 Å². The molecule has 0 unspecified atom stereocenters. The monoisotopic (exact) mass is 368 g/mol. The maximum Gasteiger partial charge on any atom is 0.253 e. The van der Waals surface area contributed by atoms with Crippen molar-refractivity contribution in [3.05, 3.63) is 71.0 Å². The fraction of sp³-hybridized carbons (Fsp3) is 0.364. The van der Waals surface area contributed by atoms with Gasteiger partial charge in [0.2, 0.25) is 0 Å². The van der Waals surface area contributed by atoms with E-state index in [1.165, 1.54) is 29.8 Å². The second-order valence-electron chi connectivity index (χ2n) is 7.32. The van der Waals surface area contributed by atoms with Gasteiger partial charge in [-0.25, -0.2) is 4.39 Å². The van der Waals surface area contributed by atoms with Crippen molar-refractivity contribution in [1.29, 1.82) is 0 Å². The van der Waals surface area contributed by atoms with Crippen LogP contribution in [0.15, 0.2) is 48.5 Å². The number of halogens is 1. The summed E-state index contributed by atoms with van der Waals surface area (Å²) in [6.07, 6.45) is 1.42. The van der Waals surface area contributed by atoms with E-state index in [4.69, 9.17) is 0 Å². The van der Waals surface area contributed by atoms with Gasteiger partial charge in [-0.1, -0.05) is 26.0 Å². The molecule has 0 atom stereocenters. The molecule has 1 saturated heterocycles. The van der Waals surface area contributed by atoms with Gasteiger partial charge >= 0.3 is 0 Å². The summed E-state index contributed by atoms with van der Waals surface area (Å²) in [7, 11) is 0. The van der Waals surface area contributed by atoms with Crippen LogP contribution in [0.3, 0.4) is 0 Å². The van der Waals surface area contributed by atoms with Gasteiger partial charge in [-0.15, -0.1) is 0 Å². The fourth-order valence-electron chi connectivity index (χ4n) is 3.29. The molecule has 27 heavy (non-hydrogen) atoms. The Balaban J connectivity index is 1.52. The van der Waals surface area contributed by atoms with E-state index >= 15 is 0 Å². The SMILES string of the molecule is CC(C)c1ccc(C(=O)NC2CCN(C(=O)c3ccc(F)cc3)CC2)cc1. The van der Waals surface area contributed by atoms with E-state index in [0.29, 0.717) is 43.0 Å². The summed E-state index contributed by atoms with van der Waals surface area (Å²) in [5, 5.41) is 3.06. The normalized spacial score (nSPS) is 15.0. The highest BCUT2D eigenvalue weighted by Gasteiger charge is 2.25. The van der Waals surface area contributed by atoms with E-state index < -0.39 is 0 Å². The van der Waals surface area contributed by atoms with Gasteiger partial charge in [0.1, 0.15) is 5.82 Å². The maximum absolute atomic E-state index is 13.0. The molecule has 1 fully saturated rings. The number of carbonyl (C=O) groups is 2. The van der Waals surface area contributed by atoms with E-state index in [9.17, 15) is 14.0 Å². The highest BCUT2D eigenvalue weighted by atomic mass is 19.1. The van der Waals surface area contributed by atoms with Gasteiger partial charge in [-0.3, -0.25) is 9.59 Å². The average Bonchev–Trinajstić information content (AvgIpc) is 2.68. The topological polar surface area (TPSA) is 49.4 Å². The van der Waals surface area contributed by atoms with Gasteiger partial charge in [0.15, 0.2) is 0 Å². The lowest BCUT2D eigenvalue weighted by molar-refractivity contribution is 0.0698. The first kappa shape index (κ1) is 19.1. The molecule has 0 aliphatic carbocycles. The summed E-state index contributed by atoms with van der Waals surface area (Å²) in [6.45, 7) is 5.40. The van der Waals surface area contributed by atoms with E-state index in [0.717, 1.165) is 0 Å². The second kappa shape index (κ2) is 8.33. The van der Waals surface area contributed by atoms with Crippen molar-refractivity contribution in [3.8, 4) is 0 Å². The summed E-state index contributed by atoms with van der Waals surface area (Å²) >= 11 is 0. The average molecular weight is 368 g/mol. The van der Waals surface area contributed by atoms with E-state index in [1.807, 2.05) is 24.3 Å². The Kier molecular flexibility index (Phi) is 5.89. The summed E-state index contributed by atoms with van der Waals surface area (Å²) in [6, 6.07) is 13.4. The number of likely N-dealkylation sites (tertiary alicyclic amines) is 1. The Morgan fingerprint density at radius 2 is 1.52 bits per heavy atom.